The van der Waals surface area contributed by atoms with Gasteiger partial charge in [0.2, 0.25) is 0 Å². The van der Waals surface area contributed by atoms with Crippen LogP contribution in [-0.4, -0.2) is 13.6 Å². The maximum absolute atomic E-state index is 14.2. The van der Waals surface area contributed by atoms with E-state index in [9.17, 15) is 4.39 Å². The Hall–Kier alpha value is -3.07. The lowest BCUT2D eigenvalue weighted by Gasteiger charge is -2.38. The Labute approximate surface area is 225 Å². The number of hydrogen-bond acceptors (Lipinski definition) is 2. The molecule has 3 rings (SSSR count). The van der Waals surface area contributed by atoms with Crippen LogP contribution in [0.1, 0.15) is 71.9 Å². The summed E-state index contributed by atoms with van der Waals surface area (Å²) in [5.41, 5.74) is 7.69. The molecule has 2 aromatic rings. The van der Waals surface area contributed by atoms with Crippen LogP contribution in [0.25, 0.3) is 6.08 Å². The van der Waals surface area contributed by atoms with Crippen LogP contribution in [0, 0.1) is 17.8 Å². The Morgan fingerprint density at radius 2 is 1.62 bits per heavy atom. The highest BCUT2D eigenvalue weighted by atomic mass is 19.1. The molecule has 0 radical (unpaired) electrons. The molecule has 0 aliphatic heterocycles. The highest BCUT2D eigenvalue weighted by Gasteiger charge is 2.33. The molecule has 0 saturated carbocycles. The van der Waals surface area contributed by atoms with Crippen LogP contribution in [0.5, 0.6) is 0 Å². The first-order valence-electron chi connectivity index (χ1n) is 13.5. The number of halogens is 1. The van der Waals surface area contributed by atoms with E-state index >= 15 is 0 Å². The summed E-state index contributed by atoms with van der Waals surface area (Å²) in [5, 5.41) is 3.70. The van der Waals surface area contributed by atoms with Gasteiger partial charge in [-0.25, -0.2) is 4.39 Å². The van der Waals surface area contributed by atoms with E-state index in [1.807, 2.05) is 26.0 Å². The second-order valence-electron chi connectivity index (χ2n) is 11.1. The van der Waals surface area contributed by atoms with Gasteiger partial charge in [-0.3, -0.25) is 0 Å². The fourth-order valence-electron chi connectivity index (χ4n) is 5.36. The van der Waals surface area contributed by atoms with Crippen LogP contribution in [0.4, 0.5) is 21.5 Å². The molecule has 0 amide bonds. The maximum atomic E-state index is 14.2. The first-order valence-corrected chi connectivity index (χ1v) is 13.5. The van der Waals surface area contributed by atoms with Crippen molar-refractivity contribution in [3.05, 3.63) is 95.9 Å². The van der Waals surface area contributed by atoms with Crippen molar-refractivity contribution in [1.29, 1.82) is 0 Å². The van der Waals surface area contributed by atoms with Crippen molar-refractivity contribution >= 4 is 23.1 Å². The molecule has 1 aliphatic carbocycles. The van der Waals surface area contributed by atoms with Crippen molar-refractivity contribution in [3.63, 3.8) is 0 Å². The fraction of sp³-hybridized carbons (Fsp3) is 0.412. The van der Waals surface area contributed by atoms with Gasteiger partial charge in [0, 0.05) is 37.0 Å². The summed E-state index contributed by atoms with van der Waals surface area (Å²) in [5.74, 6) is -0.0280. The molecule has 0 spiro atoms. The van der Waals surface area contributed by atoms with Crippen LogP contribution >= 0.6 is 0 Å². The van der Waals surface area contributed by atoms with Crippen molar-refractivity contribution < 1.29 is 4.39 Å². The average molecular weight is 503 g/mol. The molecule has 0 unspecified atom stereocenters. The van der Waals surface area contributed by atoms with Crippen molar-refractivity contribution in [2.75, 3.05) is 23.8 Å². The summed E-state index contributed by atoms with van der Waals surface area (Å²) in [6, 6.07) is 14.9. The molecular formula is C34H47FN2. The number of aryl methyl sites for hydroxylation is 1. The minimum Gasteiger partial charge on any atom is -0.384 e. The van der Waals surface area contributed by atoms with Gasteiger partial charge in [-0.15, -0.1) is 0 Å². The summed E-state index contributed by atoms with van der Waals surface area (Å²) in [6.45, 7) is 24.0. The number of hydrogen-bond donors (Lipinski definition) is 1. The zero-order chi connectivity index (χ0) is 27.8. The van der Waals surface area contributed by atoms with Crippen LogP contribution in [0.2, 0.25) is 0 Å². The second kappa shape index (κ2) is 12.9. The Kier molecular flexibility index (Phi) is 10.5. The van der Waals surface area contributed by atoms with Gasteiger partial charge in [0.25, 0.3) is 0 Å². The monoisotopic (exact) mass is 502 g/mol. The van der Waals surface area contributed by atoms with Crippen LogP contribution < -0.4 is 10.2 Å². The van der Waals surface area contributed by atoms with E-state index in [0.717, 1.165) is 47.6 Å². The van der Waals surface area contributed by atoms with E-state index in [0.29, 0.717) is 6.42 Å². The van der Waals surface area contributed by atoms with Gasteiger partial charge in [-0.05, 0) is 72.1 Å². The Balaban J connectivity index is 0.00000235. The Morgan fingerprint density at radius 1 is 0.973 bits per heavy atom. The van der Waals surface area contributed by atoms with Crippen molar-refractivity contribution in [3.8, 4) is 0 Å². The van der Waals surface area contributed by atoms with Gasteiger partial charge in [-0.2, -0.15) is 0 Å². The molecule has 0 bridgehead atoms. The zero-order valence-corrected chi connectivity index (χ0v) is 24.3. The molecule has 1 N–H and O–H groups in total. The van der Waals surface area contributed by atoms with Crippen LogP contribution in [0.15, 0.2) is 84.7 Å². The lowest BCUT2D eigenvalue weighted by molar-refractivity contribution is 0.242. The first-order chi connectivity index (χ1) is 17.5. The average Bonchev–Trinajstić information content (AvgIpc) is 2.87. The third kappa shape index (κ3) is 7.71. The van der Waals surface area contributed by atoms with Crippen LogP contribution in [0.3, 0.4) is 0 Å². The topological polar surface area (TPSA) is 15.3 Å². The van der Waals surface area contributed by atoms with Crippen molar-refractivity contribution in [2.45, 2.75) is 67.7 Å². The van der Waals surface area contributed by atoms with Crippen LogP contribution in [-0.2, 0) is 0 Å². The van der Waals surface area contributed by atoms with E-state index in [2.05, 4.69) is 108 Å². The Bertz CT molecular complexity index is 1130. The smallest absolute Gasteiger partial charge is 0.101 e. The summed E-state index contributed by atoms with van der Waals surface area (Å²) in [4.78, 5) is 2.20. The van der Waals surface area contributed by atoms with Gasteiger partial charge < -0.3 is 10.2 Å². The molecule has 0 atom stereocenters. The van der Waals surface area contributed by atoms with E-state index in [1.54, 1.807) is 6.08 Å². The predicted octanol–water partition coefficient (Wildman–Crippen LogP) is 10.4. The van der Waals surface area contributed by atoms with E-state index < -0.39 is 0 Å². The molecule has 0 saturated heterocycles. The molecule has 1 aliphatic rings. The van der Waals surface area contributed by atoms with E-state index in [1.165, 1.54) is 11.1 Å². The standard InChI is InChI=1S/C32H41FN2.C2H6/c1-9-24-16-17-25(33)20-28(24)32(6,7)21-31(4,5)22-34-29-12-11-13-30(27(29)10-2)35(8)26-18-14-23(3)15-19-26;1-2/h9-15,18-20,34H,1-2,16-17,21-22H2,3-8H3;1-2H3. The first kappa shape index (κ1) is 30.2. The quantitative estimate of drug-likeness (QED) is 0.347. The normalized spacial score (nSPS) is 13.8. The van der Waals surface area contributed by atoms with Crippen molar-refractivity contribution in [1.82, 2.24) is 0 Å². The third-order valence-electron chi connectivity index (χ3n) is 7.00. The Morgan fingerprint density at radius 3 is 2.22 bits per heavy atom. The van der Waals surface area contributed by atoms with E-state index in [4.69, 9.17) is 0 Å². The van der Waals surface area contributed by atoms with Gasteiger partial charge >= 0.3 is 0 Å². The molecule has 200 valence electrons. The molecule has 0 fully saturated rings. The zero-order valence-electron chi connectivity index (χ0n) is 24.3. The molecule has 37 heavy (non-hydrogen) atoms. The van der Waals surface area contributed by atoms with Crippen molar-refractivity contribution in [2.24, 2.45) is 10.8 Å². The minimum absolute atomic E-state index is 0.0259. The SMILES string of the molecule is C=CC1=C(C(C)(C)CC(C)(C)CNc2cccc(N(C)c3ccc(C)cc3)c2C=C)C=C(F)CC1.CC. The molecule has 2 nitrogen and oxygen atoms in total. The molecule has 2 aromatic carbocycles. The summed E-state index contributed by atoms with van der Waals surface area (Å²) in [7, 11) is 2.09. The number of nitrogens with one attached hydrogen (secondary N) is 1. The number of benzene rings is 2. The highest BCUT2D eigenvalue weighted by Crippen LogP contribution is 2.44. The van der Waals surface area contributed by atoms with Gasteiger partial charge in [0.15, 0.2) is 0 Å². The lowest BCUT2D eigenvalue weighted by atomic mass is 9.68. The fourth-order valence-corrected chi connectivity index (χ4v) is 5.36. The summed E-state index contributed by atoms with van der Waals surface area (Å²) < 4.78 is 14.2. The number of allylic oxidation sites excluding steroid dienone is 5. The molecular weight excluding hydrogens is 455 g/mol. The summed E-state index contributed by atoms with van der Waals surface area (Å²) >= 11 is 0. The number of nitrogens with zero attached hydrogens (tertiary/aromatic N) is 1. The third-order valence-corrected chi connectivity index (χ3v) is 7.00. The molecule has 0 heterocycles. The summed E-state index contributed by atoms with van der Waals surface area (Å²) in [6.07, 6.45) is 7.69. The van der Waals surface area contributed by atoms with Gasteiger partial charge in [-0.1, -0.05) is 90.6 Å². The second-order valence-corrected chi connectivity index (χ2v) is 11.1. The maximum Gasteiger partial charge on any atom is 0.101 e. The number of anilines is 3. The van der Waals surface area contributed by atoms with E-state index in [-0.39, 0.29) is 16.7 Å². The van der Waals surface area contributed by atoms with Gasteiger partial charge in [0.05, 0.1) is 5.69 Å². The highest BCUT2D eigenvalue weighted by molar-refractivity contribution is 5.81. The largest absolute Gasteiger partial charge is 0.384 e. The number of rotatable bonds is 10. The predicted molar refractivity (Wildman–Crippen MR) is 163 cm³/mol. The molecule has 0 aromatic heterocycles. The lowest BCUT2D eigenvalue weighted by Crippen LogP contribution is -2.31. The van der Waals surface area contributed by atoms with Gasteiger partial charge in [0.1, 0.15) is 5.83 Å². The minimum atomic E-state index is -0.165. The molecule has 3 heteroatoms.